The summed E-state index contributed by atoms with van der Waals surface area (Å²) in [6.07, 6.45) is 0. The van der Waals surface area contributed by atoms with Gasteiger partial charge < -0.3 is 10.3 Å². The number of hydrogen-bond donors (Lipinski definition) is 2. The second kappa shape index (κ2) is 8.83. The molecular weight excluding hydrogens is 448 g/mol. The smallest absolute Gasteiger partial charge is 0.239 e. The Labute approximate surface area is 189 Å². The van der Waals surface area contributed by atoms with Crippen molar-refractivity contribution in [2.75, 3.05) is 11.1 Å². The van der Waals surface area contributed by atoms with E-state index in [4.69, 9.17) is 16.9 Å². The van der Waals surface area contributed by atoms with Gasteiger partial charge in [0.25, 0.3) is 0 Å². The second-order valence-electron chi connectivity index (χ2n) is 7.19. The average Bonchev–Trinajstić information content (AvgIpc) is 3.20. The third-order valence-electron chi connectivity index (χ3n) is 4.73. The molecule has 4 aromatic rings. The van der Waals surface area contributed by atoms with Crippen molar-refractivity contribution < 1.29 is 13.2 Å². The number of sulfone groups is 1. The van der Waals surface area contributed by atoms with Crippen LogP contribution in [0.15, 0.2) is 66.7 Å². The van der Waals surface area contributed by atoms with Crippen molar-refractivity contribution >= 4 is 44.1 Å². The molecule has 0 atom stereocenters. The number of amides is 1. The van der Waals surface area contributed by atoms with E-state index in [1.165, 1.54) is 0 Å². The van der Waals surface area contributed by atoms with E-state index in [0.29, 0.717) is 33.2 Å². The van der Waals surface area contributed by atoms with Crippen LogP contribution in [0.2, 0.25) is 5.02 Å². The van der Waals surface area contributed by atoms with Gasteiger partial charge in [-0.1, -0.05) is 29.8 Å². The van der Waals surface area contributed by atoms with E-state index in [0.717, 1.165) is 11.1 Å². The van der Waals surface area contributed by atoms with Crippen molar-refractivity contribution in [2.45, 2.75) is 5.75 Å². The van der Waals surface area contributed by atoms with Crippen LogP contribution in [0.5, 0.6) is 0 Å². The molecule has 0 bridgehead atoms. The second-order valence-corrected chi connectivity index (χ2v) is 9.66. The van der Waals surface area contributed by atoms with Crippen molar-refractivity contribution in [2.24, 2.45) is 0 Å². The minimum Gasteiger partial charge on any atom is -0.338 e. The molecular formula is C23H17ClN4O3S. The van der Waals surface area contributed by atoms with Crippen LogP contribution in [-0.4, -0.2) is 30.0 Å². The lowest BCUT2D eigenvalue weighted by molar-refractivity contribution is -0.113. The summed E-state index contributed by atoms with van der Waals surface area (Å²) in [4.78, 5) is 20.0. The summed E-state index contributed by atoms with van der Waals surface area (Å²) in [5, 5.41) is 12.0. The minimum atomic E-state index is -3.67. The molecule has 7 nitrogen and oxygen atoms in total. The first-order valence-corrected chi connectivity index (χ1v) is 11.8. The zero-order valence-electron chi connectivity index (χ0n) is 16.7. The van der Waals surface area contributed by atoms with Crippen LogP contribution < -0.4 is 5.32 Å². The maximum atomic E-state index is 12.4. The number of aromatic amines is 1. The Hall–Kier alpha value is -3.67. The molecule has 0 radical (unpaired) electrons. The molecule has 2 N–H and O–H groups in total. The molecule has 1 amide bonds. The van der Waals surface area contributed by atoms with E-state index in [1.54, 1.807) is 54.6 Å². The molecule has 9 heteroatoms. The topological polar surface area (TPSA) is 116 Å². The first-order valence-electron chi connectivity index (χ1n) is 9.57. The average molecular weight is 465 g/mol. The Morgan fingerprint density at radius 2 is 1.78 bits per heavy atom. The number of imidazole rings is 1. The van der Waals surface area contributed by atoms with Crippen LogP contribution in [0.1, 0.15) is 11.1 Å². The number of nitriles is 1. The highest BCUT2D eigenvalue weighted by atomic mass is 35.5. The normalized spacial score (nSPS) is 11.2. The summed E-state index contributed by atoms with van der Waals surface area (Å²) in [5.41, 5.74) is 3.72. The standard InChI is InChI=1S/C23H17ClN4O3S/c24-19-2-1-3-20-22(19)28-23(27-20)17-8-10-18(11-9-17)26-21(29)14-32(30,31)13-16-6-4-15(12-25)5-7-16/h1-11H,13-14H2,(H,26,29)(H,27,28). The third kappa shape index (κ3) is 4.97. The summed E-state index contributed by atoms with van der Waals surface area (Å²) in [6.45, 7) is 0. The number of H-pyrrole nitrogens is 1. The predicted octanol–water partition coefficient (Wildman–Crippen LogP) is 4.31. The minimum absolute atomic E-state index is 0.278. The van der Waals surface area contributed by atoms with Gasteiger partial charge in [0.15, 0.2) is 9.84 Å². The number of nitrogens with zero attached hydrogens (tertiary/aromatic N) is 2. The van der Waals surface area contributed by atoms with Crippen LogP contribution in [-0.2, 0) is 20.4 Å². The van der Waals surface area contributed by atoms with Gasteiger partial charge in [0.1, 0.15) is 17.1 Å². The molecule has 0 unspecified atom stereocenters. The number of carbonyl (C=O) groups excluding carboxylic acids is 1. The Morgan fingerprint density at radius 1 is 1.06 bits per heavy atom. The fraction of sp³-hybridized carbons (Fsp3) is 0.0870. The molecule has 3 aromatic carbocycles. The molecule has 0 aliphatic carbocycles. The van der Waals surface area contributed by atoms with Crippen LogP contribution >= 0.6 is 11.6 Å². The number of aromatic nitrogens is 2. The number of carbonyl (C=O) groups is 1. The number of halogens is 1. The molecule has 0 fully saturated rings. The van der Waals surface area contributed by atoms with Gasteiger partial charge in [0, 0.05) is 11.3 Å². The van der Waals surface area contributed by atoms with E-state index >= 15 is 0 Å². The quantitative estimate of drug-likeness (QED) is 0.441. The van der Waals surface area contributed by atoms with Gasteiger partial charge in [-0.3, -0.25) is 4.79 Å². The number of fused-ring (bicyclic) bond motifs is 1. The van der Waals surface area contributed by atoms with Gasteiger partial charge in [0.2, 0.25) is 5.91 Å². The van der Waals surface area contributed by atoms with E-state index in [-0.39, 0.29) is 5.75 Å². The summed E-state index contributed by atoms with van der Waals surface area (Å²) < 4.78 is 24.7. The molecule has 1 aromatic heterocycles. The number of benzene rings is 3. The van der Waals surface area contributed by atoms with Crippen molar-refractivity contribution in [1.29, 1.82) is 5.26 Å². The highest BCUT2D eigenvalue weighted by molar-refractivity contribution is 7.91. The number of hydrogen-bond acceptors (Lipinski definition) is 5. The highest BCUT2D eigenvalue weighted by Gasteiger charge is 2.18. The van der Waals surface area contributed by atoms with Crippen LogP contribution in [0.25, 0.3) is 22.4 Å². The van der Waals surface area contributed by atoms with Crippen LogP contribution in [0.3, 0.4) is 0 Å². The van der Waals surface area contributed by atoms with Crippen LogP contribution in [0, 0.1) is 11.3 Å². The third-order valence-corrected chi connectivity index (χ3v) is 6.51. The summed E-state index contributed by atoms with van der Waals surface area (Å²) in [5.74, 6) is -0.908. The Morgan fingerprint density at radius 3 is 2.44 bits per heavy atom. The van der Waals surface area contributed by atoms with Crippen LogP contribution in [0.4, 0.5) is 5.69 Å². The molecule has 0 aliphatic heterocycles. The zero-order valence-corrected chi connectivity index (χ0v) is 18.2. The molecule has 1 heterocycles. The summed E-state index contributed by atoms with van der Waals surface area (Å²) in [7, 11) is -3.67. The maximum absolute atomic E-state index is 12.4. The fourth-order valence-electron chi connectivity index (χ4n) is 3.22. The van der Waals surface area contributed by atoms with Gasteiger partial charge in [-0.25, -0.2) is 13.4 Å². The van der Waals surface area contributed by atoms with Gasteiger partial charge >= 0.3 is 0 Å². The molecule has 0 spiro atoms. The molecule has 0 saturated heterocycles. The molecule has 32 heavy (non-hydrogen) atoms. The molecule has 0 aliphatic rings. The number of para-hydroxylation sites is 1. The predicted molar refractivity (Wildman–Crippen MR) is 124 cm³/mol. The number of anilines is 1. The zero-order chi connectivity index (χ0) is 22.7. The Bertz CT molecular complexity index is 1440. The van der Waals surface area contributed by atoms with Crippen molar-refractivity contribution in [1.82, 2.24) is 9.97 Å². The Kier molecular flexibility index (Phi) is 5.95. The first kappa shape index (κ1) is 21.6. The Balaban J connectivity index is 1.40. The van der Waals surface area contributed by atoms with E-state index in [2.05, 4.69) is 15.3 Å². The number of rotatable bonds is 6. The van der Waals surface area contributed by atoms with Gasteiger partial charge in [-0.05, 0) is 54.1 Å². The van der Waals surface area contributed by atoms with E-state index in [1.807, 2.05) is 18.2 Å². The van der Waals surface area contributed by atoms with Gasteiger partial charge in [0.05, 0.1) is 27.9 Å². The first-order chi connectivity index (χ1) is 15.3. The largest absolute Gasteiger partial charge is 0.338 e. The van der Waals surface area contributed by atoms with Gasteiger partial charge in [-0.15, -0.1) is 0 Å². The van der Waals surface area contributed by atoms with E-state index < -0.39 is 21.5 Å². The highest BCUT2D eigenvalue weighted by Crippen LogP contribution is 2.26. The van der Waals surface area contributed by atoms with Crippen molar-refractivity contribution in [3.05, 3.63) is 82.9 Å². The summed E-state index contributed by atoms with van der Waals surface area (Å²) in [6, 6.07) is 20.6. The lowest BCUT2D eigenvalue weighted by Crippen LogP contribution is -2.23. The lowest BCUT2D eigenvalue weighted by Gasteiger charge is -2.07. The molecule has 160 valence electrons. The van der Waals surface area contributed by atoms with Crippen molar-refractivity contribution in [3.8, 4) is 17.5 Å². The lowest BCUT2D eigenvalue weighted by atomic mass is 10.2. The number of nitrogens with one attached hydrogen (secondary N) is 2. The molecule has 4 rings (SSSR count). The van der Waals surface area contributed by atoms with Gasteiger partial charge in [-0.2, -0.15) is 5.26 Å². The fourth-order valence-corrected chi connectivity index (χ4v) is 4.71. The molecule has 0 saturated carbocycles. The van der Waals surface area contributed by atoms with E-state index in [9.17, 15) is 13.2 Å². The monoisotopic (exact) mass is 464 g/mol. The SMILES string of the molecule is N#Cc1ccc(CS(=O)(=O)CC(=O)Nc2ccc(-c3nc4c(Cl)cccc4[nH]3)cc2)cc1. The maximum Gasteiger partial charge on any atom is 0.239 e. The summed E-state index contributed by atoms with van der Waals surface area (Å²) >= 11 is 6.17. The van der Waals surface area contributed by atoms with Crippen molar-refractivity contribution in [3.63, 3.8) is 0 Å².